The summed E-state index contributed by atoms with van der Waals surface area (Å²) >= 11 is 5.91. The molecule has 3 nitrogen and oxygen atoms in total. The van der Waals surface area contributed by atoms with Gasteiger partial charge in [-0.25, -0.2) is 0 Å². The fourth-order valence-electron chi connectivity index (χ4n) is 1.74. The van der Waals surface area contributed by atoms with Crippen molar-refractivity contribution in [2.24, 2.45) is 0 Å². The first-order valence-electron chi connectivity index (χ1n) is 4.15. The summed E-state index contributed by atoms with van der Waals surface area (Å²) in [5.74, 6) is -0.513. The van der Waals surface area contributed by atoms with Crippen LogP contribution >= 0.6 is 11.6 Å². The molecule has 0 aromatic carbocycles. The molecule has 2 rings (SSSR count). The number of halogens is 1. The molecule has 12 heavy (non-hydrogen) atoms. The van der Waals surface area contributed by atoms with E-state index in [0.29, 0.717) is 0 Å². The van der Waals surface area contributed by atoms with Crippen LogP contribution in [0.5, 0.6) is 0 Å². The van der Waals surface area contributed by atoms with Crippen molar-refractivity contribution < 1.29 is 14.2 Å². The van der Waals surface area contributed by atoms with Crippen molar-refractivity contribution in [3.63, 3.8) is 0 Å². The van der Waals surface area contributed by atoms with Crippen LogP contribution in [0, 0.1) is 0 Å². The van der Waals surface area contributed by atoms with Crippen LogP contribution in [0.2, 0.25) is 0 Å². The second-order valence-electron chi connectivity index (χ2n) is 3.76. The zero-order chi connectivity index (χ0) is 8.93. The molecule has 0 bridgehead atoms. The van der Waals surface area contributed by atoms with Crippen molar-refractivity contribution in [2.75, 3.05) is 0 Å². The minimum absolute atomic E-state index is 0.0116. The summed E-state index contributed by atoms with van der Waals surface area (Å²) < 4.78 is 16.5. The summed E-state index contributed by atoms with van der Waals surface area (Å²) in [4.78, 5) is 0. The Morgan fingerprint density at radius 2 is 1.75 bits per heavy atom. The van der Waals surface area contributed by atoms with Gasteiger partial charge in [0.1, 0.15) is 12.2 Å². The highest BCUT2D eigenvalue weighted by Gasteiger charge is 2.53. The van der Waals surface area contributed by atoms with E-state index in [9.17, 15) is 0 Å². The van der Waals surface area contributed by atoms with Crippen LogP contribution in [0.15, 0.2) is 0 Å². The third-order valence-electron chi connectivity index (χ3n) is 2.23. The van der Waals surface area contributed by atoms with Gasteiger partial charge in [-0.1, -0.05) is 11.6 Å². The lowest BCUT2D eigenvalue weighted by atomic mass is 10.2. The van der Waals surface area contributed by atoms with E-state index in [4.69, 9.17) is 25.8 Å². The summed E-state index contributed by atoms with van der Waals surface area (Å²) in [5.41, 5.74) is -0.369. The Morgan fingerprint density at radius 3 is 2.33 bits per heavy atom. The predicted octanol–water partition coefficient (Wildman–Crippen LogP) is 1.49. The van der Waals surface area contributed by atoms with E-state index in [-0.39, 0.29) is 23.9 Å². The molecule has 4 atom stereocenters. The number of hydrogen-bond acceptors (Lipinski definition) is 3. The highest BCUT2D eigenvalue weighted by atomic mass is 35.5. The van der Waals surface area contributed by atoms with Gasteiger partial charge in [0.25, 0.3) is 0 Å². The Balaban J connectivity index is 2.15. The van der Waals surface area contributed by atoms with Crippen LogP contribution in [0.3, 0.4) is 0 Å². The molecule has 0 amide bonds. The van der Waals surface area contributed by atoms with E-state index in [1.165, 1.54) is 0 Å². The minimum atomic E-state index is -0.513. The summed E-state index contributed by atoms with van der Waals surface area (Å²) in [7, 11) is 0. The van der Waals surface area contributed by atoms with Crippen molar-refractivity contribution in [1.82, 2.24) is 0 Å². The van der Waals surface area contributed by atoms with Gasteiger partial charge in [-0.3, -0.25) is 0 Å². The van der Waals surface area contributed by atoms with Gasteiger partial charge >= 0.3 is 0 Å². The molecule has 0 N–H and O–H groups in total. The molecule has 0 saturated carbocycles. The molecule has 2 fully saturated rings. The minimum Gasteiger partial charge on any atom is -0.354 e. The third kappa shape index (κ3) is 1.25. The first-order chi connectivity index (χ1) is 5.49. The molecule has 70 valence electrons. The number of alkyl halides is 1. The number of fused-ring (bicyclic) bond motifs is 1. The lowest BCUT2D eigenvalue weighted by Crippen LogP contribution is -2.27. The molecule has 2 saturated heterocycles. The van der Waals surface area contributed by atoms with E-state index < -0.39 is 5.79 Å². The van der Waals surface area contributed by atoms with E-state index in [1.807, 2.05) is 20.8 Å². The second-order valence-corrected chi connectivity index (χ2v) is 4.19. The standard InChI is InChI=1S/C8H13ClO3/c1-4-5-6(7(9)10-4)12-8(2,3)11-5/h4-7H,1-3H3. The van der Waals surface area contributed by atoms with Gasteiger partial charge in [-0.2, -0.15) is 0 Å². The predicted molar refractivity (Wildman–Crippen MR) is 44.0 cm³/mol. The zero-order valence-electron chi connectivity index (χ0n) is 7.41. The number of hydrogen-bond donors (Lipinski definition) is 0. The van der Waals surface area contributed by atoms with Gasteiger partial charge in [0.15, 0.2) is 11.4 Å². The number of ether oxygens (including phenoxy) is 3. The van der Waals surface area contributed by atoms with Crippen LogP contribution in [-0.2, 0) is 14.2 Å². The molecule has 2 aliphatic heterocycles. The Bertz CT molecular complexity index is 177. The molecule has 2 heterocycles. The Hall–Kier alpha value is 0.170. The summed E-state index contributed by atoms with van der Waals surface area (Å²) in [6, 6.07) is 0. The second kappa shape index (κ2) is 2.58. The van der Waals surface area contributed by atoms with Crippen LogP contribution in [0.25, 0.3) is 0 Å². The quantitative estimate of drug-likeness (QED) is 0.545. The summed E-state index contributed by atoms with van der Waals surface area (Å²) in [5, 5.41) is 0. The molecule has 0 radical (unpaired) electrons. The van der Waals surface area contributed by atoms with Crippen molar-refractivity contribution in [3.8, 4) is 0 Å². The smallest absolute Gasteiger partial charge is 0.164 e. The maximum absolute atomic E-state index is 5.91. The lowest BCUT2D eigenvalue weighted by molar-refractivity contribution is -0.177. The van der Waals surface area contributed by atoms with Gasteiger partial charge < -0.3 is 14.2 Å². The maximum Gasteiger partial charge on any atom is 0.164 e. The third-order valence-corrected chi connectivity index (χ3v) is 2.58. The largest absolute Gasteiger partial charge is 0.354 e. The van der Waals surface area contributed by atoms with Gasteiger partial charge in [-0.05, 0) is 20.8 Å². The molecule has 0 aliphatic carbocycles. The maximum atomic E-state index is 5.91. The molecule has 2 aliphatic rings. The highest BCUT2D eigenvalue weighted by Crippen LogP contribution is 2.39. The van der Waals surface area contributed by atoms with Crippen LogP contribution in [0.1, 0.15) is 20.8 Å². The Labute approximate surface area is 76.9 Å². The van der Waals surface area contributed by atoms with Gasteiger partial charge in [0.2, 0.25) is 0 Å². The topological polar surface area (TPSA) is 27.7 Å². The van der Waals surface area contributed by atoms with Gasteiger partial charge in [0, 0.05) is 0 Å². The van der Waals surface area contributed by atoms with E-state index in [1.54, 1.807) is 0 Å². The van der Waals surface area contributed by atoms with E-state index >= 15 is 0 Å². The van der Waals surface area contributed by atoms with Crippen molar-refractivity contribution in [1.29, 1.82) is 0 Å². The highest BCUT2D eigenvalue weighted by molar-refractivity contribution is 6.20. The first kappa shape index (κ1) is 8.75. The van der Waals surface area contributed by atoms with E-state index in [2.05, 4.69) is 0 Å². The normalized spacial score (nSPS) is 51.0. The van der Waals surface area contributed by atoms with Crippen LogP contribution in [-0.4, -0.2) is 29.7 Å². The van der Waals surface area contributed by atoms with E-state index in [0.717, 1.165) is 0 Å². The van der Waals surface area contributed by atoms with Crippen LogP contribution < -0.4 is 0 Å². The molecule has 0 aromatic heterocycles. The van der Waals surface area contributed by atoms with Gasteiger partial charge in [0.05, 0.1) is 6.10 Å². The SMILES string of the molecule is CC1OC(Cl)C2OC(C)(C)OC12. The number of rotatable bonds is 0. The summed E-state index contributed by atoms with van der Waals surface area (Å²) in [6.07, 6.45) is -0.0987. The monoisotopic (exact) mass is 192 g/mol. The van der Waals surface area contributed by atoms with Crippen LogP contribution in [0.4, 0.5) is 0 Å². The Kier molecular flexibility index (Phi) is 1.88. The molecule has 4 heteroatoms. The van der Waals surface area contributed by atoms with Crippen molar-refractivity contribution >= 4 is 11.6 Å². The van der Waals surface area contributed by atoms with Crippen molar-refractivity contribution in [2.45, 2.75) is 50.4 Å². The molecular formula is C8H13ClO3. The fraction of sp³-hybridized carbons (Fsp3) is 1.00. The zero-order valence-corrected chi connectivity index (χ0v) is 8.17. The van der Waals surface area contributed by atoms with Gasteiger partial charge in [-0.15, -0.1) is 0 Å². The summed E-state index contributed by atoms with van der Waals surface area (Å²) in [6.45, 7) is 5.73. The van der Waals surface area contributed by atoms with Crippen molar-refractivity contribution in [3.05, 3.63) is 0 Å². The Morgan fingerprint density at radius 1 is 1.17 bits per heavy atom. The molecular weight excluding hydrogens is 180 g/mol. The lowest BCUT2D eigenvalue weighted by Gasteiger charge is -2.20. The molecule has 0 aromatic rings. The first-order valence-corrected chi connectivity index (χ1v) is 4.58. The molecule has 4 unspecified atom stereocenters. The average Bonchev–Trinajstić information content (AvgIpc) is 2.34. The average molecular weight is 193 g/mol. The molecule has 0 spiro atoms. The fourth-order valence-corrected chi connectivity index (χ4v) is 2.10.